The van der Waals surface area contributed by atoms with Crippen molar-refractivity contribution in [3.63, 3.8) is 0 Å². The molecule has 35 heavy (non-hydrogen) atoms. The fourth-order valence-electron chi connectivity index (χ4n) is 5.03. The van der Waals surface area contributed by atoms with E-state index in [0.717, 1.165) is 4.90 Å². The molecule has 3 aliphatic rings. The van der Waals surface area contributed by atoms with E-state index in [9.17, 15) is 19.5 Å². The van der Waals surface area contributed by atoms with Crippen LogP contribution in [-0.2, 0) is 9.59 Å². The Kier molecular flexibility index (Phi) is 4.88. The number of aliphatic imine (C=N–C) groups is 1. The predicted octanol–water partition coefficient (Wildman–Crippen LogP) is 4.86. The van der Waals surface area contributed by atoms with Gasteiger partial charge in [0.2, 0.25) is 11.8 Å². The monoisotopic (exact) mass is 503 g/mol. The van der Waals surface area contributed by atoms with Gasteiger partial charge in [0.1, 0.15) is 11.8 Å². The number of aromatic nitrogens is 1. The number of anilines is 1. The van der Waals surface area contributed by atoms with Crippen LogP contribution in [0, 0.1) is 11.8 Å². The molecule has 2 aromatic carbocycles. The Morgan fingerprint density at radius 3 is 2.31 bits per heavy atom. The number of amides is 2. The fraction of sp³-hybridized carbons (Fsp3) is 0.115. The van der Waals surface area contributed by atoms with Crippen LogP contribution in [0.4, 0.5) is 5.69 Å². The standard InChI is InChI=1S/C26H15Cl2N3O4/c27-12-8-9-17(15(28)11-12)31-25(34)18-19(26(31)35)22(30-21(18)16-7-3-4-10-29-16)20-23(32)13-5-1-2-6-14(13)24(20)33/h1-11,18-19,21,32H/t18-,19-,21+/m1/s1. The molecule has 0 bridgehead atoms. The summed E-state index contributed by atoms with van der Waals surface area (Å²) in [6, 6.07) is 15.5. The molecule has 9 heteroatoms. The van der Waals surface area contributed by atoms with Gasteiger partial charge in [-0.2, -0.15) is 0 Å². The molecule has 2 aliphatic heterocycles. The average molecular weight is 504 g/mol. The van der Waals surface area contributed by atoms with Crippen molar-refractivity contribution in [1.82, 2.24) is 4.98 Å². The highest BCUT2D eigenvalue weighted by Crippen LogP contribution is 2.49. The molecule has 172 valence electrons. The first kappa shape index (κ1) is 21.7. The fourth-order valence-corrected chi connectivity index (χ4v) is 5.52. The zero-order chi connectivity index (χ0) is 24.4. The highest BCUT2D eigenvalue weighted by Gasteiger charge is 2.60. The van der Waals surface area contributed by atoms with E-state index in [1.54, 1.807) is 48.7 Å². The molecule has 7 nitrogen and oxygen atoms in total. The van der Waals surface area contributed by atoms with Gasteiger partial charge in [-0.25, -0.2) is 4.90 Å². The Morgan fingerprint density at radius 2 is 1.63 bits per heavy atom. The zero-order valence-electron chi connectivity index (χ0n) is 17.9. The molecule has 1 fully saturated rings. The number of Topliss-reactive ketones (excluding diaryl/α,β-unsaturated/α-hetero) is 1. The number of hydrogen-bond acceptors (Lipinski definition) is 6. The van der Waals surface area contributed by atoms with E-state index in [1.807, 2.05) is 0 Å². The third-order valence-corrected chi connectivity index (χ3v) is 7.09. The van der Waals surface area contributed by atoms with E-state index >= 15 is 0 Å². The van der Waals surface area contributed by atoms with E-state index in [-0.39, 0.29) is 27.8 Å². The number of aliphatic hydroxyl groups excluding tert-OH is 1. The molecule has 0 radical (unpaired) electrons. The van der Waals surface area contributed by atoms with Crippen molar-refractivity contribution in [2.24, 2.45) is 16.8 Å². The molecule has 6 rings (SSSR count). The van der Waals surface area contributed by atoms with Gasteiger partial charge < -0.3 is 5.11 Å². The number of benzene rings is 2. The van der Waals surface area contributed by atoms with Crippen LogP contribution in [-0.4, -0.2) is 33.4 Å². The number of nitrogens with zero attached hydrogens (tertiary/aromatic N) is 3. The summed E-state index contributed by atoms with van der Waals surface area (Å²) >= 11 is 12.4. The number of halogens is 2. The highest BCUT2D eigenvalue weighted by molar-refractivity contribution is 6.44. The third kappa shape index (κ3) is 3.08. The van der Waals surface area contributed by atoms with Crippen molar-refractivity contribution < 1.29 is 19.5 Å². The van der Waals surface area contributed by atoms with Crippen molar-refractivity contribution in [3.05, 3.63) is 99.3 Å². The van der Waals surface area contributed by atoms with Gasteiger partial charge in [-0.15, -0.1) is 0 Å². The first-order chi connectivity index (χ1) is 16.9. The van der Waals surface area contributed by atoms with Crippen LogP contribution < -0.4 is 4.90 Å². The summed E-state index contributed by atoms with van der Waals surface area (Å²) < 4.78 is 0. The summed E-state index contributed by atoms with van der Waals surface area (Å²) in [6.45, 7) is 0. The molecule has 1 aromatic heterocycles. The van der Waals surface area contributed by atoms with E-state index in [1.165, 1.54) is 18.2 Å². The lowest BCUT2D eigenvalue weighted by Gasteiger charge is -2.19. The van der Waals surface area contributed by atoms with Gasteiger partial charge in [-0.05, 0) is 30.3 Å². The first-order valence-corrected chi connectivity index (χ1v) is 11.5. The largest absolute Gasteiger partial charge is 0.506 e. The number of rotatable bonds is 3. The first-order valence-electron chi connectivity index (χ1n) is 10.8. The minimum atomic E-state index is -1.09. The number of hydrogen-bond donors (Lipinski definition) is 1. The Balaban J connectivity index is 1.52. The molecule has 3 atom stereocenters. The summed E-state index contributed by atoms with van der Waals surface area (Å²) in [5.74, 6) is -3.83. The molecular weight excluding hydrogens is 489 g/mol. The quantitative estimate of drug-likeness (QED) is 0.514. The number of ketones is 1. The van der Waals surface area contributed by atoms with E-state index in [4.69, 9.17) is 23.2 Å². The number of aliphatic hydroxyl groups is 1. The number of allylic oxidation sites excluding steroid dienone is 1. The molecule has 0 saturated carbocycles. The van der Waals surface area contributed by atoms with Gasteiger partial charge in [0.05, 0.1) is 39.5 Å². The van der Waals surface area contributed by atoms with Crippen molar-refractivity contribution >= 4 is 58.0 Å². The lowest BCUT2D eigenvalue weighted by molar-refractivity contribution is -0.122. The van der Waals surface area contributed by atoms with Crippen LogP contribution in [0.3, 0.4) is 0 Å². The Bertz CT molecular complexity index is 1520. The minimum absolute atomic E-state index is 0.0650. The second-order valence-electron chi connectivity index (χ2n) is 8.42. The second kappa shape index (κ2) is 7.86. The molecule has 0 unspecified atom stereocenters. The second-order valence-corrected chi connectivity index (χ2v) is 9.27. The predicted molar refractivity (Wildman–Crippen MR) is 131 cm³/mol. The summed E-state index contributed by atoms with van der Waals surface area (Å²) in [6.07, 6.45) is 1.57. The van der Waals surface area contributed by atoms with Crippen LogP contribution in [0.15, 0.2) is 77.4 Å². The third-order valence-electron chi connectivity index (χ3n) is 6.55. The van der Waals surface area contributed by atoms with Crippen LogP contribution >= 0.6 is 23.2 Å². The molecule has 1 saturated heterocycles. The summed E-state index contributed by atoms with van der Waals surface area (Å²) in [7, 11) is 0. The van der Waals surface area contributed by atoms with E-state index in [0.29, 0.717) is 21.8 Å². The summed E-state index contributed by atoms with van der Waals surface area (Å²) in [4.78, 5) is 50.8. The zero-order valence-corrected chi connectivity index (χ0v) is 19.4. The van der Waals surface area contributed by atoms with Crippen LogP contribution in [0.25, 0.3) is 5.76 Å². The topological polar surface area (TPSA) is 99.9 Å². The van der Waals surface area contributed by atoms with Crippen molar-refractivity contribution in [2.45, 2.75) is 6.04 Å². The number of pyridine rings is 1. The van der Waals surface area contributed by atoms with Crippen molar-refractivity contribution in [2.75, 3.05) is 4.90 Å². The maximum absolute atomic E-state index is 13.8. The molecule has 3 heterocycles. The molecule has 3 aromatic rings. The van der Waals surface area contributed by atoms with Gasteiger partial charge >= 0.3 is 0 Å². The number of fused-ring (bicyclic) bond motifs is 2. The molecular formula is C26H15Cl2N3O4. The summed E-state index contributed by atoms with van der Waals surface area (Å²) in [5.41, 5.74) is 1.36. The van der Waals surface area contributed by atoms with Crippen LogP contribution in [0.5, 0.6) is 0 Å². The van der Waals surface area contributed by atoms with Crippen molar-refractivity contribution in [3.8, 4) is 0 Å². The maximum Gasteiger partial charge on any atom is 0.243 e. The van der Waals surface area contributed by atoms with Gasteiger partial charge in [0.15, 0.2) is 5.78 Å². The van der Waals surface area contributed by atoms with Gasteiger partial charge in [-0.3, -0.25) is 24.4 Å². The minimum Gasteiger partial charge on any atom is -0.506 e. The molecule has 0 spiro atoms. The van der Waals surface area contributed by atoms with Crippen molar-refractivity contribution in [1.29, 1.82) is 0 Å². The average Bonchev–Trinajstić information content (AvgIpc) is 3.45. The van der Waals surface area contributed by atoms with Crippen LogP contribution in [0.2, 0.25) is 10.0 Å². The highest BCUT2D eigenvalue weighted by atomic mass is 35.5. The molecule has 1 aliphatic carbocycles. The Morgan fingerprint density at radius 1 is 0.886 bits per heavy atom. The lowest BCUT2D eigenvalue weighted by atomic mass is 9.84. The number of carbonyl (C=O) groups excluding carboxylic acids is 3. The van der Waals surface area contributed by atoms with Gasteiger partial charge in [-0.1, -0.05) is 53.5 Å². The maximum atomic E-state index is 13.8. The molecule has 1 N–H and O–H groups in total. The number of imide groups is 1. The number of carbonyl (C=O) groups is 3. The lowest BCUT2D eigenvalue weighted by Crippen LogP contribution is -2.34. The normalized spacial score (nSPS) is 23.1. The van der Waals surface area contributed by atoms with E-state index < -0.39 is 35.5 Å². The van der Waals surface area contributed by atoms with Crippen LogP contribution in [0.1, 0.15) is 27.7 Å². The van der Waals surface area contributed by atoms with Gasteiger partial charge in [0.25, 0.3) is 0 Å². The van der Waals surface area contributed by atoms with E-state index in [2.05, 4.69) is 9.98 Å². The molecule has 2 amide bonds. The Hall–Kier alpha value is -3.81. The Labute approximate surface area is 209 Å². The smallest absolute Gasteiger partial charge is 0.243 e. The van der Waals surface area contributed by atoms with Gasteiger partial charge in [0, 0.05) is 22.3 Å². The summed E-state index contributed by atoms with van der Waals surface area (Å²) in [5, 5.41) is 11.5. The SMILES string of the molecule is O=C1C(C2=N[C@@H](c3ccccn3)[C@@H]3C(=O)N(c4ccc(Cl)cc4Cl)C(=O)[C@@H]23)=C(O)c2ccccc21.